The number of nitrogens with one attached hydrogen (secondary N) is 2. The van der Waals surface area contributed by atoms with Crippen LogP contribution in [-0.2, 0) is 19.2 Å². The molecule has 1 aromatic carbocycles. The zero-order valence-electron chi connectivity index (χ0n) is 17.5. The minimum atomic E-state index is -1.54. The number of benzene rings is 1. The Labute approximate surface area is 213 Å². The Morgan fingerprint density at radius 1 is 1.31 bits per heavy atom. The lowest BCUT2D eigenvalue weighted by molar-refractivity contribution is -0.151. The van der Waals surface area contributed by atoms with Gasteiger partial charge in [-0.15, -0.1) is 22.0 Å². The largest absolute Gasteiger partial charge is 0.481 e. The zero-order chi connectivity index (χ0) is 25.3. The summed E-state index contributed by atoms with van der Waals surface area (Å²) in [6.45, 7) is 0. The number of carboxylic acids is 2. The second-order valence-electron chi connectivity index (χ2n) is 7.40. The number of hydrogen-bond donors (Lipinski definition) is 5. The minimum absolute atomic E-state index is 0.0953. The molecule has 0 bridgehead atoms. The molecular formula is C19H17BrN6O7S2. The van der Waals surface area contributed by atoms with E-state index < -0.39 is 52.9 Å². The fourth-order valence-electron chi connectivity index (χ4n) is 3.68. The number of carbonyl (C=O) groups excluding carboxylic acids is 2. The van der Waals surface area contributed by atoms with Gasteiger partial charge in [-0.05, 0) is 16.9 Å². The first-order chi connectivity index (χ1) is 16.7. The molecule has 13 nitrogen and oxygen atoms in total. The predicted octanol–water partition coefficient (Wildman–Crippen LogP) is 0.370. The third kappa shape index (κ3) is 5.05. The van der Waals surface area contributed by atoms with Crippen molar-refractivity contribution >= 4 is 63.2 Å². The van der Waals surface area contributed by atoms with Crippen LogP contribution in [0.15, 0.2) is 45.2 Å². The van der Waals surface area contributed by atoms with Crippen molar-refractivity contribution in [2.75, 3.05) is 5.75 Å². The van der Waals surface area contributed by atoms with Crippen LogP contribution in [0.3, 0.4) is 0 Å². The predicted molar refractivity (Wildman–Crippen MR) is 125 cm³/mol. The lowest BCUT2D eigenvalue weighted by atomic mass is 9.99. The molecule has 1 aromatic heterocycles. The van der Waals surface area contributed by atoms with Crippen LogP contribution in [0.1, 0.15) is 18.1 Å². The van der Waals surface area contributed by atoms with E-state index in [9.17, 15) is 34.5 Å². The molecule has 5 N–H and O–H groups in total. The third-order valence-corrected chi connectivity index (χ3v) is 8.41. The lowest BCUT2D eigenvalue weighted by Crippen LogP contribution is -2.71. The Bertz CT molecular complexity index is 1210. The number of aromatic amines is 1. The number of rotatable bonds is 9. The van der Waals surface area contributed by atoms with E-state index in [0.29, 0.717) is 10.0 Å². The van der Waals surface area contributed by atoms with Crippen LogP contribution in [-0.4, -0.2) is 87.0 Å². The van der Waals surface area contributed by atoms with Crippen LogP contribution in [0.2, 0.25) is 0 Å². The minimum Gasteiger partial charge on any atom is -0.481 e. The number of tetrazole rings is 1. The molecule has 0 saturated carbocycles. The molecule has 4 atom stereocenters. The number of nitrogens with zero attached hydrogens (tertiary/aromatic N) is 4. The first-order valence-electron chi connectivity index (χ1n) is 9.94. The number of β-lactam (4-membered cyclic amide) rings is 1. The van der Waals surface area contributed by atoms with Gasteiger partial charge < -0.3 is 20.6 Å². The quantitative estimate of drug-likeness (QED) is 0.200. The number of aromatic nitrogens is 4. The number of aliphatic hydroxyl groups is 1. The number of aliphatic hydroxyl groups excluding tert-OH is 1. The normalized spacial score (nSPS) is 21.1. The van der Waals surface area contributed by atoms with E-state index in [2.05, 4.69) is 41.9 Å². The molecule has 3 unspecified atom stereocenters. The molecule has 16 heteroatoms. The molecule has 0 spiro atoms. The number of fused-ring (bicyclic) bond motifs is 1. The van der Waals surface area contributed by atoms with Gasteiger partial charge in [0.25, 0.3) is 11.8 Å². The van der Waals surface area contributed by atoms with E-state index in [1.54, 1.807) is 24.3 Å². The van der Waals surface area contributed by atoms with E-state index in [-0.39, 0.29) is 22.2 Å². The summed E-state index contributed by atoms with van der Waals surface area (Å²) in [4.78, 5) is 50.2. The molecular weight excluding hydrogens is 568 g/mol. The Balaban J connectivity index is 1.55. The van der Waals surface area contributed by atoms with E-state index in [0.717, 1.165) is 16.7 Å². The van der Waals surface area contributed by atoms with Crippen molar-refractivity contribution in [1.29, 1.82) is 0 Å². The van der Waals surface area contributed by atoms with Crippen LogP contribution in [0.5, 0.6) is 0 Å². The average molecular weight is 585 g/mol. The summed E-state index contributed by atoms with van der Waals surface area (Å²) in [7, 11) is 0. The number of hydrogen-bond acceptors (Lipinski definition) is 10. The van der Waals surface area contributed by atoms with Crippen LogP contribution in [0.4, 0.5) is 0 Å². The molecule has 2 aromatic rings. The summed E-state index contributed by atoms with van der Waals surface area (Å²) in [5.74, 6) is -3.96. The van der Waals surface area contributed by atoms with Gasteiger partial charge >= 0.3 is 11.9 Å². The Morgan fingerprint density at radius 2 is 2.06 bits per heavy atom. The van der Waals surface area contributed by atoms with E-state index in [1.165, 1.54) is 11.8 Å². The highest BCUT2D eigenvalue weighted by Crippen LogP contribution is 2.44. The summed E-state index contributed by atoms with van der Waals surface area (Å²) in [5.41, 5.74) is 0.202. The summed E-state index contributed by atoms with van der Waals surface area (Å²) in [6.07, 6.45) is -1.98. The van der Waals surface area contributed by atoms with Gasteiger partial charge in [-0.1, -0.05) is 45.9 Å². The lowest BCUT2D eigenvalue weighted by Gasteiger charge is -2.50. The Kier molecular flexibility index (Phi) is 7.44. The number of amides is 2. The van der Waals surface area contributed by atoms with Crippen molar-refractivity contribution < 1.29 is 34.5 Å². The van der Waals surface area contributed by atoms with Crippen molar-refractivity contribution in [3.05, 3.63) is 45.6 Å². The van der Waals surface area contributed by atoms with E-state index in [4.69, 9.17) is 0 Å². The van der Waals surface area contributed by atoms with Crippen LogP contribution in [0, 0.1) is 0 Å². The number of aliphatic carboxylic acids is 2. The smallest absolute Gasteiger partial charge is 0.352 e. The summed E-state index contributed by atoms with van der Waals surface area (Å²) < 4.78 is 0.514. The van der Waals surface area contributed by atoms with E-state index in [1.807, 2.05) is 0 Å². The monoisotopic (exact) mass is 584 g/mol. The fourth-order valence-corrected chi connectivity index (χ4v) is 6.71. The molecule has 0 aliphatic carbocycles. The van der Waals surface area contributed by atoms with Gasteiger partial charge in [-0.2, -0.15) is 5.21 Å². The summed E-state index contributed by atoms with van der Waals surface area (Å²) >= 11 is 5.36. The standard InChI is InChI=1S/C19H17BrN6O7S2/c20-9-4-2-1-3-7(9)14(29)15(30)21-12-16(31)26-13(18(32)33)8(6-34-17(12)26)10(5-11(27)28)35-19-22-24-25-23-19/h1-4,10,12,14,17,29H,5-6H2,(H,21,30)(H,27,28)(H,32,33)(H,22,23,24,25)/t10?,12?,14?,17-/m0/s1. The molecule has 35 heavy (non-hydrogen) atoms. The van der Waals surface area contributed by atoms with Gasteiger partial charge in [0.05, 0.1) is 6.42 Å². The molecule has 4 rings (SSSR count). The highest BCUT2D eigenvalue weighted by atomic mass is 79.9. The Morgan fingerprint density at radius 3 is 2.69 bits per heavy atom. The van der Waals surface area contributed by atoms with Crippen molar-refractivity contribution in [3.8, 4) is 0 Å². The molecule has 2 aliphatic rings. The molecule has 2 amide bonds. The second kappa shape index (κ2) is 10.3. The maximum Gasteiger partial charge on any atom is 0.352 e. The first kappa shape index (κ1) is 25.2. The summed E-state index contributed by atoms with van der Waals surface area (Å²) in [5, 5.41) is 43.9. The van der Waals surface area contributed by atoms with Gasteiger partial charge in [-0.25, -0.2) is 4.79 Å². The van der Waals surface area contributed by atoms with Crippen LogP contribution >= 0.6 is 39.5 Å². The highest BCUT2D eigenvalue weighted by Gasteiger charge is 2.55. The number of carbonyl (C=O) groups is 4. The highest BCUT2D eigenvalue weighted by molar-refractivity contribution is 9.10. The van der Waals surface area contributed by atoms with Crippen LogP contribution < -0.4 is 5.32 Å². The average Bonchev–Trinajstić information content (AvgIpc) is 3.33. The van der Waals surface area contributed by atoms with E-state index >= 15 is 0 Å². The molecule has 3 heterocycles. The van der Waals surface area contributed by atoms with Crippen molar-refractivity contribution in [3.63, 3.8) is 0 Å². The molecule has 2 aliphatic heterocycles. The first-order valence-corrected chi connectivity index (χ1v) is 12.7. The van der Waals surface area contributed by atoms with Gasteiger partial charge in [0.1, 0.15) is 17.1 Å². The third-order valence-electron chi connectivity index (χ3n) is 5.27. The van der Waals surface area contributed by atoms with Gasteiger partial charge in [0, 0.05) is 21.0 Å². The SMILES string of the molecule is O=C(O)CC(Sc1nn[nH]n1)C1=C(C(=O)O)N2C(=O)C(NC(=O)C(O)c3ccccc3Br)[C@@H]2SC1. The van der Waals surface area contributed by atoms with Gasteiger partial charge in [0.15, 0.2) is 6.10 Å². The number of halogens is 1. The maximum atomic E-state index is 12.9. The Hall–Kier alpha value is -2.95. The summed E-state index contributed by atoms with van der Waals surface area (Å²) in [6, 6.07) is 5.53. The van der Waals surface area contributed by atoms with Crippen LogP contribution in [0.25, 0.3) is 0 Å². The van der Waals surface area contributed by atoms with Crippen molar-refractivity contribution in [2.45, 2.75) is 34.3 Å². The maximum absolute atomic E-state index is 12.9. The molecule has 1 fully saturated rings. The van der Waals surface area contributed by atoms with Crippen molar-refractivity contribution in [2.24, 2.45) is 0 Å². The molecule has 1 saturated heterocycles. The molecule has 184 valence electrons. The molecule has 0 radical (unpaired) electrons. The number of carboxylic acid groups (broad SMARTS) is 2. The second-order valence-corrected chi connectivity index (χ2v) is 10.5. The van der Waals surface area contributed by atoms with Crippen molar-refractivity contribution in [1.82, 2.24) is 30.8 Å². The topological polar surface area (TPSA) is 199 Å². The van der Waals surface area contributed by atoms with Gasteiger partial charge in [-0.3, -0.25) is 19.3 Å². The fraction of sp³-hybridized carbons (Fsp3) is 0.316. The van der Waals surface area contributed by atoms with Gasteiger partial charge in [0.2, 0.25) is 5.16 Å². The zero-order valence-corrected chi connectivity index (χ0v) is 20.7. The number of H-pyrrole nitrogens is 1. The number of thioether (sulfide) groups is 2.